The summed E-state index contributed by atoms with van der Waals surface area (Å²) in [4.78, 5) is 16.9. The molecule has 0 saturated carbocycles. The Morgan fingerprint density at radius 3 is 2.71 bits per heavy atom. The zero-order chi connectivity index (χ0) is 21.5. The Bertz CT molecular complexity index is 1370. The Hall–Kier alpha value is -3.08. The number of para-hydroxylation sites is 1. The van der Waals surface area contributed by atoms with E-state index in [2.05, 4.69) is 0 Å². The number of furan rings is 1. The van der Waals surface area contributed by atoms with Crippen LogP contribution in [0.3, 0.4) is 0 Å². The van der Waals surface area contributed by atoms with Crippen LogP contribution in [0.4, 0.5) is 0 Å². The van der Waals surface area contributed by atoms with Crippen LogP contribution in [0.2, 0.25) is 10.0 Å². The van der Waals surface area contributed by atoms with Gasteiger partial charge in [-0.3, -0.25) is 0 Å². The lowest BCUT2D eigenvalue weighted by Crippen LogP contribution is -2.13. The van der Waals surface area contributed by atoms with Gasteiger partial charge < -0.3 is 9.52 Å². The average molecular weight is 450 g/mol. The molecule has 0 spiro atoms. The number of benzene rings is 2. The standard InChI is InChI=1S/C25H17Cl2NO3/c26-19-9-4-7-17(23(19)27)21-12-11-15(31-21)13-14-5-3-8-18-22(25(29)30)16-6-1-2-10-20(16)28-24(14)18/h1-2,4,6-7,9-13H,3,5,8H2,(H,29,30)/b14-13-. The zero-order valence-corrected chi connectivity index (χ0v) is 17.9. The van der Waals surface area contributed by atoms with Crippen molar-refractivity contribution in [2.45, 2.75) is 19.3 Å². The predicted molar refractivity (Wildman–Crippen MR) is 124 cm³/mol. The number of hydrogen-bond acceptors (Lipinski definition) is 3. The maximum absolute atomic E-state index is 12.1. The molecule has 0 aliphatic heterocycles. The van der Waals surface area contributed by atoms with Gasteiger partial charge in [-0.2, -0.15) is 0 Å². The highest BCUT2D eigenvalue weighted by atomic mass is 35.5. The lowest BCUT2D eigenvalue weighted by molar-refractivity contribution is 0.0697. The molecular formula is C25H17Cl2NO3. The van der Waals surface area contributed by atoms with Crippen molar-refractivity contribution in [1.82, 2.24) is 4.98 Å². The highest BCUT2D eigenvalue weighted by Gasteiger charge is 2.25. The van der Waals surface area contributed by atoms with E-state index in [0.717, 1.165) is 35.2 Å². The molecule has 1 aliphatic carbocycles. The van der Waals surface area contributed by atoms with E-state index in [1.54, 1.807) is 6.07 Å². The zero-order valence-electron chi connectivity index (χ0n) is 16.4. The average Bonchev–Trinajstić information content (AvgIpc) is 3.22. The fraction of sp³-hybridized carbons (Fsp3) is 0.120. The number of carboxylic acid groups (broad SMARTS) is 1. The van der Waals surface area contributed by atoms with Crippen molar-refractivity contribution in [1.29, 1.82) is 0 Å². The number of nitrogens with zero attached hydrogens (tertiary/aromatic N) is 1. The van der Waals surface area contributed by atoms with Crippen LogP contribution in [0.15, 0.2) is 59.0 Å². The van der Waals surface area contributed by atoms with Crippen molar-refractivity contribution in [3.8, 4) is 11.3 Å². The first kappa shape index (κ1) is 19.9. The SMILES string of the molecule is O=C(O)c1c2c(nc3ccccc13)/C(=C\c1ccc(-c3cccc(Cl)c3Cl)o1)CCC2. The second-order valence-corrected chi connectivity index (χ2v) is 8.25. The molecule has 2 aromatic heterocycles. The van der Waals surface area contributed by atoms with Crippen LogP contribution in [0.1, 0.15) is 40.2 Å². The van der Waals surface area contributed by atoms with E-state index in [9.17, 15) is 9.90 Å². The summed E-state index contributed by atoms with van der Waals surface area (Å²) in [7, 11) is 0. The second kappa shape index (κ2) is 7.88. The van der Waals surface area contributed by atoms with Gasteiger partial charge in [0.25, 0.3) is 0 Å². The Labute approximate surface area is 188 Å². The molecule has 2 aromatic carbocycles. The van der Waals surface area contributed by atoms with E-state index in [-0.39, 0.29) is 0 Å². The van der Waals surface area contributed by atoms with Crippen molar-refractivity contribution in [2.24, 2.45) is 0 Å². The van der Waals surface area contributed by atoms with Gasteiger partial charge in [-0.05, 0) is 66.8 Å². The number of carboxylic acids is 1. The minimum Gasteiger partial charge on any atom is -0.478 e. The maximum Gasteiger partial charge on any atom is 0.336 e. The smallest absolute Gasteiger partial charge is 0.336 e. The number of rotatable bonds is 3. The minimum atomic E-state index is -0.924. The highest BCUT2D eigenvalue weighted by Crippen LogP contribution is 2.38. The van der Waals surface area contributed by atoms with Gasteiger partial charge in [0, 0.05) is 10.9 Å². The Morgan fingerprint density at radius 1 is 1.03 bits per heavy atom. The lowest BCUT2D eigenvalue weighted by Gasteiger charge is -2.21. The summed E-state index contributed by atoms with van der Waals surface area (Å²) in [6.07, 6.45) is 4.28. The van der Waals surface area contributed by atoms with Crippen LogP contribution in [0, 0.1) is 0 Å². The summed E-state index contributed by atoms with van der Waals surface area (Å²) in [5.74, 6) is 0.348. The third-order valence-electron chi connectivity index (χ3n) is 5.54. The van der Waals surface area contributed by atoms with Crippen molar-refractivity contribution in [3.63, 3.8) is 0 Å². The van der Waals surface area contributed by atoms with Crippen molar-refractivity contribution in [3.05, 3.63) is 87.2 Å². The van der Waals surface area contributed by atoms with Crippen LogP contribution >= 0.6 is 23.2 Å². The van der Waals surface area contributed by atoms with Crippen molar-refractivity contribution < 1.29 is 14.3 Å². The van der Waals surface area contributed by atoms with E-state index in [4.69, 9.17) is 32.6 Å². The number of hydrogen-bond donors (Lipinski definition) is 1. The summed E-state index contributed by atoms with van der Waals surface area (Å²) in [5, 5.41) is 11.5. The van der Waals surface area contributed by atoms with Gasteiger partial charge in [-0.15, -0.1) is 0 Å². The lowest BCUT2D eigenvalue weighted by atomic mass is 9.86. The van der Waals surface area contributed by atoms with E-state index in [1.165, 1.54) is 0 Å². The van der Waals surface area contributed by atoms with Crippen LogP contribution in [-0.4, -0.2) is 16.1 Å². The molecule has 0 fully saturated rings. The van der Waals surface area contributed by atoms with E-state index in [1.807, 2.05) is 54.6 Å². The highest BCUT2D eigenvalue weighted by molar-refractivity contribution is 6.43. The van der Waals surface area contributed by atoms with E-state index < -0.39 is 5.97 Å². The van der Waals surface area contributed by atoms with Crippen LogP contribution in [0.5, 0.6) is 0 Å². The van der Waals surface area contributed by atoms with Crippen molar-refractivity contribution in [2.75, 3.05) is 0 Å². The molecule has 4 nitrogen and oxygen atoms in total. The number of fused-ring (bicyclic) bond motifs is 2. The molecular weight excluding hydrogens is 433 g/mol. The predicted octanol–water partition coefficient (Wildman–Crippen LogP) is 7.38. The summed E-state index contributed by atoms with van der Waals surface area (Å²) in [6.45, 7) is 0. The van der Waals surface area contributed by atoms with E-state index in [0.29, 0.717) is 44.5 Å². The van der Waals surface area contributed by atoms with Crippen molar-refractivity contribution >= 4 is 51.7 Å². The number of carbonyl (C=O) groups is 1. The molecule has 0 radical (unpaired) electrons. The molecule has 5 rings (SSSR count). The number of aromatic nitrogens is 1. The molecule has 0 unspecified atom stereocenters. The molecule has 4 aromatic rings. The monoisotopic (exact) mass is 449 g/mol. The maximum atomic E-state index is 12.1. The largest absolute Gasteiger partial charge is 0.478 e. The van der Waals surface area contributed by atoms with Crippen LogP contribution < -0.4 is 0 Å². The Balaban J connectivity index is 1.62. The minimum absolute atomic E-state index is 0.344. The fourth-order valence-electron chi connectivity index (χ4n) is 4.16. The number of pyridine rings is 1. The van der Waals surface area contributed by atoms with Gasteiger partial charge in [0.2, 0.25) is 0 Å². The third kappa shape index (κ3) is 3.52. The molecule has 2 heterocycles. The molecule has 0 saturated heterocycles. The Kier molecular flexibility index (Phi) is 5.05. The second-order valence-electron chi connectivity index (χ2n) is 7.46. The van der Waals surface area contributed by atoms with Crippen LogP contribution in [-0.2, 0) is 6.42 Å². The fourth-order valence-corrected chi connectivity index (χ4v) is 4.55. The van der Waals surface area contributed by atoms with Gasteiger partial charge in [0.05, 0.1) is 26.8 Å². The quantitative estimate of drug-likeness (QED) is 0.354. The first-order valence-electron chi connectivity index (χ1n) is 9.93. The van der Waals surface area contributed by atoms with Gasteiger partial charge >= 0.3 is 5.97 Å². The van der Waals surface area contributed by atoms with Gasteiger partial charge in [0.1, 0.15) is 11.5 Å². The normalized spacial score (nSPS) is 14.7. The van der Waals surface area contributed by atoms with E-state index >= 15 is 0 Å². The third-order valence-corrected chi connectivity index (χ3v) is 6.36. The van der Waals surface area contributed by atoms with Crippen LogP contribution in [0.25, 0.3) is 33.9 Å². The van der Waals surface area contributed by atoms with Gasteiger partial charge in [-0.25, -0.2) is 9.78 Å². The number of allylic oxidation sites excluding steroid dienone is 1. The molecule has 0 atom stereocenters. The molecule has 1 N–H and O–H groups in total. The number of halogens is 2. The summed E-state index contributed by atoms with van der Waals surface area (Å²) in [6, 6.07) is 16.5. The Morgan fingerprint density at radius 2 is 1.87 bits per heavy atom. The first-order chi connectivity index (χ1) is 15.0. The summed E-state index contributed by atoms with van der Waals surface area (Å²) >= 11 is 12.5. The topological polar surface area (TPSA) is 63.3 Å². The summed E-state index contributed by atoms with van der Waals surface area (Å²) < 4.78 is 6.02. The molecule has 0 bridgehead atoms. The van der Waals surface area contributed by atoms with Gasteiger partial charge in [-0.1, -0.05) is 47.5 Å². The molecule has 0 amide bonds. The molecule has 31 heavy (non-hydrogen) atoms. The first-order valence-corrected chi connectivity index (χ1v) is 10.7. The molecule has 154 valence electrons. The molecule has 1 aliphatic rings. The number of aromatic carboxylic acids is 1. The summed E-state index contributed by atoms with van der Waals surface area (Å²) in [5.41, 5.74) is 4.23. The molecule has 6 heteroatoms. The van der Waals surface area contributed by atoms with Gasteiger partial charge in [0.15, 0.2) is 0 Å².